The fraction of sp³-hybridized carbons (Fsp3) is 0.846. The smallest absolute Gasteiger partial charge is 0.239 e. The number of nitrogens with zero attached hydrogens (tertiary/aromatic N) is 3. The van der Waals surface area contributed by atoms with E-state index in [0.717, 1.165) is 0 Å². The maximum absolute atomic E-state index is 12.1. The van der Waals surface area contributed by atoms with Crippen molar-refractivity contribution in [2.75, 3.05) is 46.8 Å². The highest BCUT2D eigenvalue weighted by Crippen LogP contribution is 2.08. The highest BCUT2D eigenvalue weighted by molar-refractivity contribution is 5.82. The van der Waals surface area contributed by atoms with E-state index in [1.165, 1.54) is 0 Å². The Morgan fingerprint density at radius 2 is 1.58 bits per heavy atom. The molecule has 1 heterocycles. The van der Waals surface area contributed by atoms with Gasteiger partial charge in [0, 0.05) is 26.2 Å². The quantitative estimate of drug-likeness (QED) is 0.726. The third-order valence-corrected chi connectivity index (χ3v) is 3.40. The number of nitrogens with two attached hydrogens (primary N) is 1. The monoisotopic (exact) mass is 270 g/mol. The molecule has 1 aliphatic rings. The average molecular weight is 270 g/mol. The number of rotatable bonds is 4. The molecule has 2 amide bonds. The zero-order chi connectivity index (χ0) is 14.6. The highest BCUT2D eigenvalue weighted by atomic mass is 16.2. The molecule has 6 heteroatoms. The second kappa shape index (κ2) is 6.86. The Morgan fingerprint density at radius 1 is 1.11 bits per heavy atom. The topological polar surface area (TPSA) is 69.9 Å². The van der Waals surface area contributed by atoms with Gasteiger partial charge in [-0.25, -0.2) is 0 Å². The van der Waals surface area contributed by atoms with Crippen LogP contribution in [0, 0.1) is 5.92 Å². The molecule has 1 fully saturated rings. The molecule has 0 saturated carbocycles. The molecule has 2 N–H and O–H groups in total. The van der Waals surface area contributed by atoms with Gasteiger partial charge in [-0.2, -0.15) is 0 Å². The summed E-state index contributed by atoms with van der Waals surface area (Å²) in [5.74, 6) is 0.251. The van der Waals surface area contributed by atoms with E-state index in [2.05, 4.69) is 0 Å². The van der Waals surface area contributed by atoms with Crippen LogP contribution >= 0.6 is 0 Å². The van der Waals surface area contributed by atoms with E-state index in [0.29, 0.717) is 32.7 Å². The first kappa shape index (κ1) is 15.9. The number of amides is 2. The van der Waals surface area contributed by atoms with Crippen LogP contribution in [0.25, 0.3) is 0 Å². The highest BCUT2D eigenvalue weighted by Gasteiger charge is 2.28. The van der Waals surface area contributed by atoms with Gasteiger partial charge in [0.05, 0.1) is 12.6 Å². The molecule has 0 aliphatic carbocycles. The summed E-state index contributed by atoms with van der Waals surface area (Å²) >= 11 is 0. The third kappa shape index (κ3) is 4.47. The van der Waals surface area contributed by atoms with Crippen molar-refractivity contribution in [1.29, 1.82) is 0 Å². The summed E-state index contributed by atoms with van der Waals surface area (Å²) in [6.07, 6.45) is 0. The van der Waals surface area contributed by atoms with E-state index in [4.69, 9.17) is 5.73 Å². The molecule has 0 aromatic rings. The molecule has 0 spiro atoms. The lowest BCUT2D eigenvalue weighted by Gasteiger charge is -2.36. The zero-order valence-corrected chi connectivity index (χ0v) is 12.4. The van der Waals surface area contributed by atoms with Crippen LogP contribution in [0.5, 0.6) is 0 Å². The first-order chi connectivity index (χ1) is 8.82. The predicted molar refractivity (Wildman–Crippen MR) is 74.5 cm³/mol. The normalized spacial score (nSPS) is 18.1. The Balaban J connectivity index is 2.45. The van der Waals surface area contributed by atoms with Gasteiger partial charge < -0.3 is 20.4 Å². The van der Waals surface area contributed by atoms with Crippen molar-refractivity contribution < 1.29 is 9.59 Å². The van der Waals surface area contributed by atoms with E-state index >= 15 is 0 Å². The van der Waals surface area contributed by atoms with Crippen molar-refractivity contribution in [3.63, 3.8) is 0 Å². The maximum atomic E-state index is 12.1. The molecule has 0 unspecified atom stereocenters. The molecule has 1 aliphatic heterocycles. The van der Waals surface area contributed by atoms with Gasteiger partial charge >= 0.3 is 0 Å². The summed E-state index contributed by atoms with van der Waals surface area (Å²) in [7, 11) is 3.75. The van der Waals surface area contributed by atoms with Gasteiger partial charge in [0.2, 0.25) is 11.8 Å². The van der Waals surface area contributed by atoms with Crippen molar-refractivity contribution in [3.8, 4) is 0 Å². The SMILES string of the molecule is CC(C)[C@@H](N)C(=O)N1CCN(C(=O)CN(C)C)CC1. The van der Waals surface area contributed by atoms with Crippen molar-refractivity contribution in [3.05, 3.63) is 0 Å². The van der Waals surface area contributed by atoms with Gasteiger partial charge in [-0.3, -0.25) is 9.59 Å². The van der Waals surface area contributed by atoms with Crippen molar-refractivity contribution in [2.24, 2.45) is 11.7 Å². The zero-order valence-electron chi connectivity index (χ0n) is 12.4. The van der Waals surface area contributed by atoms with Gasteiger partial charge in [0.1, 0.15) is 0 Å². The van der Waals surface area contributed by atoms with Crippen LogP contribution in [0.4, 0.5) is 0 Å². The molecule has 0 aromatic carbocycles. The van der Waals surface area contributed by atoms with E-state index in [1.807, 2.05) is 37.7 Å². The standard InChI is InChI=1S/C13H26N4O2/c1-10(2)12(14)13(19)17-7-5-16(6-8-17)11(18)9-15(3)4/h10,12H,5-9,14H2,1-4H3/t12-/m1/s1. The number of hydrogen-bond acceptors (Lipinski definition) is 4. The molecule has 110 valence electrons. The minimum Gasteiger partial charge on any atom is -0.338 e. The first-order valence-corrected chi connectivity index (χ1v) is 6.79. The van der Waals surface area contributed by atoms with Gasteiger partial charge in [-0.1, -0.05) is 13.8 Å². The van der Waals surface area contributed by atoms with Crippen LogP contribution in [-0.4, -0.2) is 79.4 Å². The van der Waals surface area contributed by atoms with E-state index in [-0.39, 0.29) is 17.7 Å². The summed E-state index contributed by atoms with van der Waals surface area (Å²) in [5, 5.41) is 0. The summed E-state index contributed by atoms with van der Waals surface area (Å²) in [5.41, 5.74) is 5.87. The summed E-state index contributed by atoms with van der Waals surface area (Å²) in [4.78, 5) is 29.4. The number of likely N-dealkylation sites (N-methyl/N-ethyl adjacent to an activating group) is 1. The summed E-state index contributed by atoms with van der Waals surface area (Å²) in [6.45, 7) is 6.67. The maximum Gasteiger partial charge on any atom is 0.239 e. The van der Waals surface area contributed by atoms with Crippen LogP contribution in [-0.2, 0) is 9.59 Å². The molecule has 1 rings (SSSR count). The Kier molecular flexibility index (Phi) is 5.75. The largest absolute Gasteiger partial charge is 0.338 e. The van der Waals surface area contributed by atoms with Crippen LogP contribution in [0.3, 0.4) is 0 Å². The van der Waals surface area contributed by atoms with Crippen molar-refractivity contribution in [1.82, 2.24) is 14.7 Å². The number of carbonyl (C=O) groups is 2. The summed E-state index contributed by atoms with van der Waals surface area (Å²) in [6, 6.07) is -0.441. The second-order valence-corrected chi connectivity index (χ2v) is 5.71. The Labute approximate surface area is 115 Å². The molecule has 6 nitrogen and oxygen atoms in total. The fourth-order valence-electron chi connectivity index (χ4n) is 2.04. The van der Waals surface area contributed by atoms with E-state index < -0.39 is 6.04 Å². The molecular formula is C13H26N4O2. The van der Waals surface area contributed by atoms with Crippen LogP contribution in [0.1, 0.15) is 13.8 Å². The second-order valence-electron chi connectivity index (χ2n) is 5.71. The Hall–Kier alpha value is -1.14. The minimum absolute atomic E-state index is 0.00490. The predicted octanol–water partition coefficient (Wildman–Crippen LogP) is -0.798. The summed E-state index contributed by atoms with van der Waals surface area (Å²) < 4.78 is 0. The average Bonchev–Trinajstić information content (AvgIpc) is 2.36. The molecule has 0 bridgehead atoms. The Bertz CT molecular complexity index is 323. The lowest BCUT2D eigenvalue weighted by Crippen LogP contribution is -2.56. The van der Waals surface area contributed by atoms with E-state index in [1.54, 1.807) is 4.90 Å². The van der Waals surface area contributed by atoms with Crippen LogP contribution in [0.2, 0.25) is 0 Å². The van der Waals surface area contributed by atoms with Gasteiger partial charge in [0.15, 0.2) is 0 Å². The number of carbonyl (C=O) groups excluding carboxylic acids is 2. The van der Waals surface area contributed by atoms with Crippen LogP contribution in [0.15, 0.2) is 0 Å². The third-order valence-electron chi connectivity index (χ3n) is 3.40. The molecule has 0 radical (unpaired) electrons. The number of hydrogen-bond donors (Lipinski definition) is 1. The van der Waals surface area contributed by atoms with Crippen LogP contribution < -0.4 is 5.73 Å². The van der Waals surface area contributed by atoms with Crippen molar-refractivity contribution in [2.45, 2.75) is 19.9 Å². The van der Waals surface area contributed by atoms with Gasteiger partial charge in [-0.15, -0.1) is 0 Å². The Morgan fingerprint density at radius 3 is 2.00 bits per heavy atom. The molecule has 19 heavy (non-hydrogen) atoms. The van der Waals surface area contributed by atoms with Gasteiger partial charge in [-0.05, 0) is 20.0 Å². The van der Waals surface area contributed by atoms with E-state index in [9.17, 15) is 9.59 Å². The lowest BCUT2D eigenvalue weighted by molar-refractivity contribution is -0.141. The van der Waals surface area contributed by atoms with Gasteiger partial charge in [0.25, 0.3) is 0 Å². The molecule has 1 saturated heterocycles. The lowest BCUT2D eigenvalue weighted by atomic mass is 10.0. The minimum atomic E-state index is -0.441. The van der Waals surface area contributed by atoms with Crippen molar-refractivity contribution >= 4 is 11.8 Å². The molecular weight excluding hydrogens is 244 g/mol. The first-order valence-electron chi connectivity index (χ1n) is 6.79. The fourth-order valence-corrected chi connectivity index (χ4v) is 2.04. The molecule has 0 aromatic heterocycles. The number of piperazine rings is 1. The molecule has 1 atom stereocenters.